The Hall–Kier alpha value is -0.610. The molecule has 0 saturated carbocycles. The molecule has 118 valence electrons. The molecule has 1 fully saturated rings. The lowest BCUT2D eigenvalue weighted by molar-refractivity contribution is 0.174. The van der Waals surface area contributed by atoms with Gasteiger partial charge in [-0.25, -0.2) is 0 Å². The quantitative estimate of drug-likeness (QED) is 0.877. The van der Waals surface area contributed by atoms with Crippen molar-refractivity contribution < 1.29 is 0 Å². The van der Waals surface area contributed by atoms with E-state index in [0.29, 0.717) is 0 Å². The molecule has 1 unspecified atom stereocenters. The van der Waals surface area contributed by atoms with Gasteiger partial charge in [-0.2, -0.15) is 0 Å². The Morgan fingerprint density at radius 2 is 1.90 bits per heavy atom. The molecular weight excluding hydrogens is 282 g/mol. The van der Waals surface area contributed by atoms with Crippen LogP contribution in [0, 0.1) is 5.92 Å². The van der Waals surface area contributed by atoms with Gasteiger partial charge in [-0.15, -0.1) is 0 Å². The molecule has 3 nitrogen and oxygen atoms in total. The highest BCUT2D eigenvalue weighted by Crippen LogP contribution is 2.19. The molecular formula is C17H28ClN3. The maximum atomic E-state index is 6.27. The third-order valence-corrected chi connectivity index (χ3v) is 4.78. The first-order chi connectivity index (χ1) is 10.0. The summed E-state index contributed by atoms with van der Waals surface area (Å²) in [6.45, 7) is 4.73. The normalized spacial score (nSPS) is 19.1. The third-order valence-electron chi connectivity index (χ3n) is 4.53. The molecule has 4 heteroatoms. The maximum Gasteiger partial charge on any atom is 0.0406 e. The van der Waals surface area contributed by atoms with E-state index in [4.69, 9.17) is 17.3 Å². The monoisotopic (exact) mass is 309 g/mol. The zero-order valence-electron chi connectivity index (χ0n) is 13.3. The third kappa shape index (κ3) is 5.59. The van der Waals surface area contributed by atoms with Crippen LogP contribution in [0.3, 0.4) is 0 Å². The van der Waals surface area contributed by atoms with E-state index in [1.165, 1.54) is 38.0 Å². The molecule has 1 heterocycles. The molecule has 0 aliphatic carbocycles. The molecule has 2 rings (SSSR count). The molecule has 0 bridgehead atoms. The van der Waals surface area contributed by atoms with Gasteiger partial charge in [0.1, 0.15) is 0 Å². The number of nitrogens with two attached hydrogens (primary N) is 1. The summed E-state index contributed by atoms with van der Waals surface area (Å²) in [6, 6.07) is 7.99. The fourth-order valence-corrected chi connectivity index (χ4v) is 3.14. The molecule has 1 atom stereocenters. The van der Waals surface area contributed by atoms with Gasteiger partial charge in [-0.3, -0.25) is 0 Å². The lowest BCUT2D eigenvalue weighted by atomic mass is 9.96. The minimum atomic E-state index is 0.0993. The zero-order valence-corrected chi connectivity index (χ0v) is 14.0. The topological polar surface area (TPSA) is 32.5 Å². The van der Waals surface area contributed by atoms with E-state index in [1.54, 1.807) is 0 Å². The number of halogens is 1. The standard InChI is InChI=1S/C17H28ClN3/c1-20-10-7-14(8-11-20)13-21(2)12-9-17(19)15-3-5-16(18)6-4-15/h3-6,14,17H,7-13,19H2,1-2H3. The molecule has 0 amide bonds. The maximum absolute atomic E-state index is 6.27. The minimum absolute atomic E-state index is 0.0993. The van der Waals surface area contributed by atoms with Gasteiger partial charge < -0.3 is 15.5 Å². The number of piperidine rings is 1. The van der Waals surface area contributed by atoms with Crippen molar-refractivity contribution in [3.63, 3.8) is 0 Å². The van der Waals surface area contributed by atoms with Gasteiger partial charge in [0.05, 0.1) is 0 Å². The van der Waals surface area contributed by atoms with E-state index in [9.17, 15) is 0 Å². The van der Waals surface area contributed by atoms with Crippen LogP contribution in [0.5, 0.6) is 0 Å². The fraction of sp³-hybridized carbons (Fsp3) is 0.647. The van der Waals surface area contributed by atoms with Crippen LogP contribution < -0.4 is 5.73 Å². The number of hydrogen-bond acceptors (Lipinski definition) is 3. The first-order valence-corrected chi connectivity index (χ1v) is 8.30. The summed E-state index contributed by atoms with van der Waals surface area (Å²) >= 11 is 5.91. The molecule has 1 aromatic rings. The first-order valence-electron chi connectivity index (χ1n) is 7.92. The summed E-state index contributed by atoms with van der Waals surface area (Å²) in [4.78, 5) is 4.86. The lowest BCUT2D eigenvalue weighted by Crippen LogP contribution is -2.36. The van der Waals surface area contributed by atoms with Gasteiger partial charge in [0.15, 0.2) is 0 Å². The Morgan fingerprint density at radius 1 is 1.29 bits per heavy atom. The minimum Gasteiger partial charge on any atom is -0.324 e. The largest absolute Gasteiger partial charge is 0.324 e. The highest BCUT2D eigenvalue weighted by atomic mass is 35.5. The van der Waals surface area contributed by atoms with Crippen LogP contribution in [-0.4, -0.2) is 50.1 Å². The second-order valence-corrected chi connectivity index (χ2v) is 6.89. The molecule has 1 saturated heterocycles. The second kappa shape index (κ2) is 8.14. The van der Waals surface area contributed by atoms with Gasteiger partial charge in [-0.05, 0) is 76.6 Å². The number of benzene rings is 1. The fourth-order valence-electron chi connectivity index (χ4n) is 3.01. The van der Waals surface area contributed by atoms with Crippen LogP contribution in [0.15, 0.2) is 24.3 Å². The highest BCUT2D eigenvalue weighted by molar-refractivity contribution is 6.30. The summed E-state index contributed by atoms with van der Waals surface area (Å²) in [5.41, 5.74) is 7.44. The Labute approximate surface area is 134 Å². The Bertz CT molecular complexity index is 413. The van der Waals surface area contributed by atoms with E-state index in [0.717, 1.165) is 23.9 Å². The van der Waals surface area contributed by atoms with Crippen LogP contribution in [0.2, 0.25) is 5.02 Å². The predicted molar refractivity (Wildman–Crippen MR) is 90.7 cm³/mol. The summed E-state index contributed by atoms with van der Waals surface area (Å²) < 4.78 is 0. The highest BCUT2D eigenvalue weighted by Gasteiger charge is 2.18. The average Bonchev–Trinajstić information content (AvgIpc) is 2.48. The van der Waals surface area contributed by atoms with Crippen LogP contribution in [-0.2, 0) is 0 Å². The van der Waals surface area contributed by atoms with Crippen molar-refractivity contribution in [1.82, 2.24) is 9.80 Å². The van der Waals surface area contributed by atoms with Crippen molar-refractivity contribution in [1.29, 1.82) is 0 Å². The first kappa shape index (κ1) is 16.8. The van der Waals surface area contributed by atoms with Crippen molar-refractivity contribution in [3.05, 3.63) is 34.9 Å². The van der Waals surface area contributed by atoms with Gasteiger partial charge in [-0.1, -0.05) is 23.7 Å². The predicted octanol–water partition coefficient (Wildman–Crippen LogP) is 3.00. The Balaban J connectivity index is 1.70. The number of hydrogen-bond donors (Lipinski definition) is 1. The number of rotatable bonds is 6. The van der Waals surface area contributed by atoms with Crippen molar-refractivity contribution in [2.24, 2.45) is 11.7 Å². The van der Waals surface area contributed by atoms with E-state index in [1.807, 2.05) is 24.3 Å². The summed E-state index contributed by atoms with van der Waals surface area (Å²) in [5, 5.41) is 0.769. The molecule has 0 radical (unpaired) electrons. The van der Waals surface area contributed by atoms with E-state index in [-0.39, 0.29) is 6.04 Å². The molecule has 2 N–H and O–H groups in total. The zero-order chi connectivity index (χ0) is 15.2. The van der Waals surface area contributed by atoms with Gasteiger partial charge in [0.2, 0.25) is 0 Å². The lowest BCUT2D eigenvalue weighted by Gasteiger charge is -2.32. The molecule has 1 aromatic carbocycles. The van der Waals surface area contributed by atoms with E-state index in [2.05, 4.69) is 23.9 Å². The van der Waals surface area contributed by atoms with Gasteiger partial charge >= 0.3 is 0 Å². The van der Waals surface area contributed by atoms with Gasteiger partial charge in [0, 0.05) is 17.6 Å². The Kier molecular flexibility index (Phi) is 6.49. The molecule has 1 aliphatic rings. The molecule has 1 aliphatic heterocycles. The SMILES string of the molecule is CN1CCC(CN(C)CCC(N)c2ccc(Cl)cc2)CC1. The number of likely N-dealkylation sites (tertiary alicyclic amines) is 1. The average molecular weight is 310 g/mol. The van der Waals surface area contributed by atoms with Crippen molar-refractivity contribution >= 4 is 11.6 Å². The van der Waals surface area contributed by atoms with Crippen molar-refractivity contribution in [3.8, 4) is 0 Å². The van der Waals surface area contributed by atoms with Crippen LogP contribution in [0.4, 0.5) is 0 Å². The molecule has 21 heavy (non-hydrogen) atoms. The van der Waals surface area contributed by atoms with E-state index >= 15 is 0 Å². The molecule has 0 aromatic heterocycles. The summed E-state index contributed by atoms with van der Waals surface area (Å²) in [6.07, 6.45) is 3.64. The van der Waals surface area contributed by atoms with Crippen molar-refractivity contribution in [2.75, 3.05) is 40.3 Å². The second-order valence-electron chi connectivity index (χ2n) is 6.46. The van der Waals surface area contributed by atoms with E-state index < -0.39 is 0 Å². The van der Waals surface area contributed by atoms with Crippen LogP contribution in [0.1, 0.15) is 30.9 Å². The van der Waals surface area contributed by atoms with Gasteiger partial charge in [0.25, 0.3) is 0 Å². The van der Waals surface area contributed by atoms with Crippen molar-refractivity contribution in [2.45, 2.75) is 25.3 Å². The number of nitrogens with zero attached hydrogens (tertiary/aromatic N) is 2. The Morgan fingerprint density at radius 3 is 2.52 bits per heavy atom. The van der Waals surface area contributed by atoms with Crippen LogP contribution in [0.25, 0.3) is 0 Å². The smallest absolute Gasteiger partial charge is 0.0406 e. The molecule has 0 spiro atoms. The summed E-state index contributed by atoms with van der Waals surface area (Å²) in [5.74, 6) is 0.845. The van der Waals surface area contributed by atoms with Crippen LogP contribution >= 0.6 is 11.6 Å². The summed E-state index contributed by atoms with van der Waals surface area (Å²) in [7, 11) is 4.43.